The van der Waals surface area contributed by atoms with Gasteiger partial charge in [-0.05, 0) is 23.8 Å². The number of benzene rings is 1. The number of alkyl halides is 3. The highest BCUT2D eigenvalue weighted by atomic mass is 19.4. The van der Waals surface area contributed by atoms with Crippen molar-refractivity contribution >= 4 is 11.8 Å². The zero-order valence-electron chi connectivity index (χ0n) is 10.4. The van der Waals surface area contributed by atoms with Gasteiger partial charge in [-0.1, -0.05) is 0 Å². The second-order valence-electron chi connectivity index (χ2n) is 3.98. The van der Waals surface area contributed by atoms with Crippen LogP contribution in [0.2, 0.25) is 0 Å². The van der Waals surface area contributed by atoms with E-state index in [-0.39, 0.29) is 28.6 Å². The Morgan fingerprint density at radius 3 is 2.40 bits per heavy atom. The molecule has 8 heteroatoms. The molecule has 5 nitrogen and oxygen atoms in total. The summed E-state index contributed by atoms with van der Waals surface area (Å²) in [5.74, 6) is 0.00937. The first-order valence-corrected chi connectivity index (χ1v) is 5.46. The molecular formula is C12H11F3N4O. The lowest BCUT2D eigenvalue weighted by molar-refractivity contribution is -0.137. The van der Waals surface area contributed by atoms with E-state index in [4.69, 9.17) is 16.2 Å². The molecule has 0 unspecified atom stereocenters. The normalized spacial score (nSPS) is 11.4. The predicted octanol–water partition coefficient (Wildman–Crippen LogP) is 2.34. The summed E-state index contributed by atoms with van der Waals surface area (Å²) in [6.07, 6.45) is -3.22. The minimum Gasteiger partial charge on any atom is -0.497 e. The Morgan fingerprint density at radius 2 is 1.85 bits per heavy atom. The number of hydrogen-bond acceptors (Lipinski definition) is 5. The fraction of sp³-hybridized carbons (Fsp3) is 0.167. The summed E-state index contributed by atoms with van der Waals surface area (Å²) in [6.45, 7) is 0. The van der Waals surface area contributed by atoms with Crippen LogP contribution in [-0.2, 0) is 6.18 Å². The topological polar surface area (TPSA) is 87.0 Å². The van der Waals surface area contributed by atoms with Gasteiger partial charge in [0.2, 0.25) is 5.95 Å². The Labute approximate surface area is 112 Å². The van der Waals surface area contributed by atoms with E-state index in [1.807, 2.05) is 0 Å². The van der Waals surface area contributed by atoms with Crippen molar-refractivity contribution in [3.63, 3.8) is 0 Å². The smallest absolute Gasteiger partial charge is 0.416 e. The van der Waals surface area contributed by atoms with E-state index in [0.29, 0.717) is 0 Å². The third kappa shape index (κ3) is 2.73. The molecule has 0 amide bonds. The minimum absolute atomic E-state index is 0.00104. The van der Waals surface area contributed by atoms with Crippen LogP contribution in [0.1, 0.15) is 5.56 Å². The highest BCUT2D eigenvalue weighted by molar-refractivity contribution is 5.75. The Bertz CT molecular complexity index is 643. The average molecular weight is 284 g/mol. The van der Waals surface area contributed by atoms with E-state index in [1.54, 1.807) is 0 Å². The molecule has 20 heavy (non-hydrogen) atoms. The summed E-state index contributed by atoms with van der Waals surface area (Å²) in [5, 5.41) is 0. The molecule has 0 aliphatic heterocycles. The number of rotatable bonds is 2. The maximum Gasteiger partial charge on any atom is 0.416 e. The third-order valence-electron chi connectivity index (χ3n) is 2.62. The van der Waals surface area contributed by atoms with Crippen LogP contribution in [0, 0.1) is 0 Å². The molecule has 4 N–H and O–H groups in total. The molecule has 0 atom stereocenters. The Morgan fingerprint density at radius 1 is 1.15 bits per heavy atom. The first kappa shape index (κ1) is 13.9. The fourth-order valence-electron chi connectivity index (χ4n) is 1.67. The van der Waals surface area contributed by atoms with Crippen molar-refractivity contribution in [3.8, 4) is 16.9 Å². The SMILES string of the molecule is COc1cc(-c2cnc(N)nc2N)cc(C(F)(F)F)c1. The molecule has 0 fully saturated rings. The van der Waals surface area contributed by atoms with Gasteiger partial charge in [-0.3, -0.25) is 0 Å². The number of halogens is 3. The van der Waals surface area contributed by atoms with Gasteiger partial charge in [0.25, 0.3) is 0 Å². The fourth-order valence-corrected chi connectivity index (χ4v) is 1.67. The van der Waals surface area contributed by atoms with Gasteiger partial charge in [0, 0.05) is 11.8 Å². The van der Waals surface area contributed by atoms with Crippen LogP contribution in [0.15, 0.2) is 24.4 Å². The van der Waals surface area contributed by atoms with E-state index >= 15 is 0 Å². The van der Waals surface area contributed by atoms with E-state index in [2.05, 4.69) is 9.97 Å². The molecule has 1 aromatic heterocycles. The average Bonchev–Trinajstić information content (AvgIpc) is 2.37. The molecule has 1 aromatic carbocycles. The Balaban J connectivity index is 2.61. The maximum atomic E-state index is 12.8. The Hall–Kier alpha value is -2.51. The summed E-state index contributed by atoms with van der Waals surface area (Å²) in [5.41, 5.74) is 10.6. The number of nitrogens with zero attached hydrogens (tertiary/aromatic N) is 2. The maximum absolute atomic E-state index is 12.8. The number of aromatic nitrogens is 2. The number of nitrogens with two attached hydrogens (primary N) is 2. The molecule has 0 saturated heterocycles. The zero-order valence-corrected chi connectivity index (χ0v) is 10.4. The van der Waals surface area contributed by atoms with Crippen molar-refractivity contribution in [2.45, 2.75) is 6.18 Å². The van der Waals surface area contributed by atoms with Gasteiger partial charge in [0.05, 0.1) is 12.7 Å². The summed E-state index contributed by atoms with van der Waals surface area (Å²) < 4.78 is 43.3. The number of ether oxygens (including phenoxy) is 1. The van der Waals surface area contributed by atoms with Crippen molar-refractivity contribution in [1.29, 1.82) is 0 Å². The van der Waals surface area contributed by atoms with Crippen LogP contribution in [0.5, 0.6) is 5.75 Å². The Kier molecular flexibility index (Phi) is 3.39. The standard InChI is InChI=1S/C12H11F3N4O/c1-20-8-3-6(2-7(4-8)12(13,14)15)9-5-18-11(17)19-10(9)16/h2-5H,1H3,(H4,16,17,18,19). The third-order valence-corrected chi connectivity index (χ3v) is 2.62. The molecule has 0 radical (unpaired) electrons. The molecule has 0 aliphatic carbocycles. The van der Waals surface area contributed by atoms with Crippen molar-refractivity contribution in [2.75, 3.05) is 18.6 Å². The van der Waals surface area contributed by atoms with Crippen LogP contribution in [0.3, 0.4) is 0 Å². The molecule has 0 bridgehead atoms. The van der Waals surface area contributed by atoms with Gasteiger partial charge in [0.1, 0.15) is 11.6 Å². The van der Waals surface area contributed by atoms with Crippen LogP contribution in [0.4, 0.5) is 24.9 Å². The summed E-state index contributed by atoms with van der Waals surface area (Å²) in [4.78, 5) is 7.45. The molecule has 106 valence electrons. The second kappa shape index (κ2) is 4.87. The van der Waals surface area contributed by atoms with Crippen molar-refractivity contribution in [3.05, 3.63) is 30.0 Å². The largest absolute Gasteiger partial charge is 0.497 e. The molecule has 2 rings (SSSR count). The summed E-state index contributed by atoms with van der Waals surface area (Å²) >= 11 is 0. The lowest BCUT2D eigenvalue weighted by Gasteiger charge is -2.12. The quantitative estimate of drug-likeness (QED) is 0.883. The molecule has 1 heterocycles. The van der Waals surface area contributed by atoms with E-state index in [9.17, 15) is 13.2 Å². The first-order valence-electron chi connectivity index (χ1n) is 5.46. The summed E-state index contributed by atoms with van der Waals surface area (Å²) in [6, 6.07) is 3.27. The van der Waals surface area contributed by atoms with Gasteiger partial charge in [0.15, 0.2) is 0 Å². The number of nitrogen functional groups attached to an aromatic ring is 2. The van der Waals surface area contributed by atoms with Crippen LogP contribution >= 0.6 is 0 Å². The van der Waals surface area contributed by atoms with Crippen molar-refractivity contribution < 1.29 is 17.9 Å². The van der Waals surface area contributed by atoms with Crippen LogP contribution in [-0.4, -0.2) is 17.1 Å². The molecule has 0 saturated carbocycles. The van der Waals surface area contributed by atoms with E-state index in [1.165, 1.54) is 19.4 Å². The van der Waals surface area contributed by atoms with E-state index < -0.39 is 11.7 Å². The minimum atomic E-state index is -4.49. The van der Waals surface area contributed by atoms with Crippen LogP contribution in [0.25, 0.3) is 11.1 Å². The summed E-state index contributed by atoms with van der Waals surface area (Å²) in [7, 11) is 1.28. The molecule has 2 aromatic rings. The first-order chi connectivity index (χ1) is 9.31. The number of anilines is 2. The van der Waals surface area contributed by atoms with Crippen LogP contribution < -0.4 is 16.2 Å². The monoisotopic (exact) mass is 284 g/mol. The van der Waals surface area contributed by atoms with E-state index in [0.717, 1.165) is 12.1 Å². The van der Waals surface area contributed by atoms with Gasteiger partial charge in [-0.2, -0.15) is 18.2 Å². The number of methoxy groups -OCH3 is 1. The van der Waals surface area contributed by atoms with Crippen molar-refractivity contribution in [2.24, 2.45) is 0 Å². The van der Waals surface area contributed by atoms with Crippen molar-refractivity contribution in [1.82, 2.24) is 9.97 Å². The van der Waals surface area contributed by atoms with Gasteiger partial charge < -0.3 is 16.2 Å². The lowest BCUT2D eigenvalue weighted by atomic mass is 10.0. The molecular weight excluding hydrogens is 273 g/mol. The van der Waals surface area contributed by atoms with Gasteiger partial charge in [-0.25, -0.2) is 4.98 Å². The highest BCUT2D eigenvalue weighted by Gasteiger charge is 2.31. The predicted molar refractivity (Wildman–Crippen MR) is 67.8 cm³/mol. The zero-order chi connectivity index (χ0) is 14.9. The molecule has 0 spiro atoms. The number of hydrogen-bond donors (Lipinski definition) is 2. The second-order valence-corrected chi connectivity index (χ2v) is 3.98. The lowest BCUT2D eigenvalue weighted by Crippen LogP contribution is -2.06. The van der Waals surface area contributed by atoms with Gasteiger partial charge in [-0.15, -0.1) is 0 Å². The molecule has 0 aliphatic rings. The van der Waals surface area contributed by atoms with Gasteiger partial charge >= 0.3 is 6.18 Å². The highest BCUT2D eigenvalue weighted by Crippen LogP contribution is 2.36.